The normalized spacial score (nSPS) is 15.7. The summed E-state index contributed by atoms with van der Waals surface area (Å²) in [7, 11) is 0. The van der Waals surface area contributed by atoms with Gasteiger partial charge in [-0.3, -0.25) is 9.69 Å². The molecule has 0 aromatic heterocycles. The number of carbonyl (C=O) groups excluding carboxylic acids is 2. The summed E-state index contributed by atoms with van der Waals surface area (Å²) in [5.41, 5.74) is 6.75. The molecule has 1 heterocycles. The van der Waals surface area contributed by atoms with Crippen LogP contribution in [0, 0.1) is 0 Å². The van der Waals surface area contributed by atoms with Gasteiger partial charge in [0.05, 0.1) is 0 Å². The van der Waals surface area contributed by atoms with Gasteiger partial charge in [-0.15, -0.1) is 12.4 Å². The quantitative estimate of drug-likeness (QED) is 0.778. The molecule has 0 saturated carbocycles. The maximum Gasteiger partial charge on any atom is 0.321 e. The van der Waals surface area contributed by atoms with E-state index in [1.54, 1.807) is 23.1 Å². The third kappa shape index (κ3) is 4.34. The Balaban J connectivity index is 0.00000220. The molecule has 2 rings (SSSR count). The average molecular weight is 313 g/mol. The summed E-state index contributed by atoms with van der Waals surface area (Å²) < 4.78 is 0. The van der Waals surface area contributed by atoms with Crippen LogP contribution in [0.15, 0.2) is 24.3 Å². The van der Waals surface area contributed by atoms with Gasteiger partial charge in [0.15, 0.2) is 0 Å². The van der Waals surface area contributed by atoms with E-state index < -0.39 is 0 Å². The molecule has 1 atom stereocenters. The summed E-state index contributed by atoms with van der Waals surface area (Å²) in [6.45, 7) is 3.60. The summed E-state index contributed by atoms with van der Waals surface area (Å²) in [6.07, 6.45) is 0.895. The lowest BCUT2D eigenvalue weighted by Crippen LogP contribution is -2.46. The molecule has 116 valence electrons. The Morgan fingerprint density at radius 3 is 2.95 bits per heavy atom. The highest BCUT2D eigenvalue weighted by atomic mass is 35.5. The monoisotopic (exact) mass is 312 g/mol. The van der Waals surface area contributed by atoms with E-state index in [1.807, 2.05) is 13.0 Å². The summed E-state index contributed by atoms with van der Waals surface area (Å²) in [4.78, 5) is 25.5. The van der Waals surface area contributed by atoms with Gasteiger partial charge < -0.3 is 16.4 Å². The Kier molecular flexibility index (Phi) is 6.45. The van der Waals surface area contributed by atoms with Crippen molar-refractivity contribution in [1.82, 2.24) is 10.6 Å². The standard InChI is InChI=1S/C14H20N4O2.ClH/c1-10(9-15)17-13(19)11-4-2-5-12(8-11)18-7-3-6-16-14(18)20;/h2,4-5,8,10H,3,6-7,9,15H2,1H3,(H,16,20)(H,17,19);1H/t10-;/m0./s1. The van der Waals surface area contributed by atoms with Crippen molar-refractivity contribution >= 4 is 30.0 Å². The van der Waals surface area contributed by atoms with Crippen LogP contribution in [0.25, 0.3) is 0 Å². The number of urea groups is 1. The lowest BCUT2D eigenvalue weighted by Gasteiger charge is -2.27. The number of nitrogens with two attached hydrogens (primary N) is 1. The number of nitrogens with one attached hydrogen (secondary N) is 2. The summed E-state index contributed by atoms with van der Waals surface area (Å²) in [6, 6.07) is 6.86. The molecule has 1 aromatic rings. The van der Waals surface area contributed by atoms with E-state index in [-0.39, 0.29) is 30.4 Å². The molecule has 0 aliphatic carbocycles. The Morgan fingerprint density at radius 1 is 1.52 bits per heavy atom. The van der Waals surface area contributed by atoms with E-state index in [0.29, 0.717) is 25.2 Å². The zero-order valence-corrected chi connectivity index (χ0v) is 12.8. The molecular weight excluding hydrogens is 292 g/mol. The van der Waals surface area contributed by atoms with Crippen LogP contribution >= 0.6 is 12.4 Å². The highest BCUT2D eigenvalue weighted by Crippen LogP contribution is 2.18. The molecule has 1 fully saturated rings. The van der Waals surface area contributed by atoms with Crippen LogP contribution in [0.4, 0.5) is 10.5 Å². The fourth-order valence-corrected chi connectivity index (χ4v) is 2.06. The van der Waals surface area contributed by atoms with E-state index in [9.17, 15) is 9.59 Å². The van der Waals surface area contributed by atoms with Crippen molar-refractivity contribution in [3.8, 4) is 0 Å². The van der Waals surface area contributed by atoms with Gasteiger partial charge in [0.2, 0.25) is 0 Å². The predicted molar refractivity (Wildman–Crippen MR) is 85.0 cm³/mol. The van der Waals surface area contributed by atoms with Gasteiger partial charge in [0.25, 0.3) is 5.91 Å². The zero-order chi connectivity index (χ0) is 14.5. The summed E-state index contributed by atoms with van der Waals surface area (Å²) >= 11 is 0. The van der Waals surface area contributed by atoms with Crippen LogP contribution in [-0.4, -0.2) is 37.6 Å². The molecule has 0 unspecified atom stereocenters. The van der Waals surface area contributed by atoms with Gasteiger partial charge in [-0.25, -0.2) is 4.79 Å². The van der Waals surface area contributed by atoms with Gasteiger partial charge in [0.1, 0.15) is 0 Å². The Labute approximate surface area is 130 Å². The second kappa shape index (κ2) is 7.85. The number of rotatable bonds is 4. The smallest absolute Gasteiger partial charge is 0.321 e. The van der Waals surface area contributed by atoms with Gasteiger partial charge in [-0.2, -0.15) is 0 Å². The van der Waals surface area contributed by atoms with Crippen LogP contribution in [-0.2, 0) is 0 Å². The fourth-order valence-electron chi connectivity index (χ4n) is 2.06. The van der Waals surface area contributed by atoms with Crippen LogP contribution in [0.1, 0.15) is 23.7 Å². The third-order valence-corrected chi connectivity index (χ3v) is 3.23. The van der Waals surface area contributed by atoms with Gasteiger partial charge in [0, 0.05) is 36.9 Å². The first kappa shape index (κ1) is 17.3. The number of amides is 3. The molecule has 7 heteroatoms. The maximum absolute atomic E-state index is 12.0. The molecule has 0 bridgehead atoms. The lowest BCUT2D eigenvalue weighted by molar-refractivity contribution is 0.0941. The number of halogens is 1. The van der Waals surface area contributed by atoms with Crippen molar-refractivity contribution in [2.45, 2.75) is 19.4 Å². The predicted octanol–water partition coefficient (Wildman–Crippen LogP) is 1.11. The first-order chi connectivity index (χ1) is 9.61. The van der Waals surface area contributed by atoms with E-state index >= 15 is 0 Å². The molecule has 1 saturated heterocycles. The first-order valence-electron chi connectivity index (χ1n) is 6.78. The minimum absolute atomic E-state index is 0. The lowest BCUT2D eigenvalue weighted by atomic mass is 10.1. The molecule has 3 amide bonds. The van der Waals surface area contributed by atoms with Crippen molar-refractivity contribution in [1.29, 1.82) is 0 Å². The van der Waals surface area contributed by atoms with Crippen LogP contribution in [0.3, 0.4) is 0 Å². The van der Waals surface area contributed by atoms with Crippen molar-refractivity contribution in [2.75, 3.05) is 24.5 Å². The molecule has 1 aliphatic heterocycles. The molecule has 6 nitrogen and oxygen atoms in total. The minimum Gasteiger partial charge on any atom is -0.348 e. The molecule has 4 N–H and O–H groups in total. The molecule has 1 aliphatic rings. The summed E-state index contributed by atoms with van der Waals surface area (Å²) in [5, 5.41) is 5.59. The number of nitrogens with zero attached hydrogens (tertiary/aromatic N) is 1. The number of hydrogen-bond acceptors (Lipinski definition) is 3. The SMILES string of the molecule is C[C@@H](CN)NC(=O)c1cccc(N2CCCNC2=O)c1.Cl. The molecule has 21 heavy (non-hydrogen) atoms. The molecule has 0 spiro atoms. The first-order valence-corrected chi connectivity index (χ1v) is 6.78. The highest BCUT2D eigenvalue weighted by molar-refractivity contribution is 5.98. The van der Waals surface area contributed by atoms with E-state index in [1.165, 1.54) is 0 Å². The van der Waals surface area contributed by atoms with Gasteiger partial charge >= 0.3 is 6.03 Å². The number of anilines is 1. The highest BCUT2D eigenvalue weighted by Gasteiger charge is 2.20. The maximum atomic E-state index is 12.0. The van der Waals surface area contributed by atoms with Gasteiger partial charge in [-0.1, -0.05) is 6.07 Å². The third-order valence-electron chi connectivity index (χ3n) is 3.23. The van der Waals surface area contributed by atoms with Crippen molar-refractivity contribution < 1.29 is 9.59 Å². The minimum atomic E-state index is -0.179. The Bertz CT molecular complexity index is 510. The van der Waals surface area contributed by atoms with E-state index in [2.05, 4.69) is 10.6 Å². The number of benzene rings is 1. The Morgan fingerprint density at radius 2 is 2.29 bits per heavy atom. The second-order valence-corrected chi connectivity index (χ2v) is 4.90. The molecule has 0 radical (unpaired) electrons. The van der Waals surface area contributed by atoms with Crippen molar-refractivity contribution in [3.63, 3.8) is 0 Å². The van der Waals surface area contributed by atoms with Crippen LogP contribution in [0.2, 0.25) is 0 Å². The topological polar surface area (TPSA) is 87.5 Å². The van der Waals surface area contributed by atoms with Crippen molar-refractivity contribution in [3.05, 3.63) is 29.8 Å². The number of carbonyl (C=O) groups is 2. The van der Waals surface area contributed by atoms with E-state index in [4.69, 9.17) is 5.73 Å². The van der Waals surface area contributed by atoms with Crippen LogP contribution in [0.5, 0.6) is 0 Å². The summed E-state index contributed by atoms with van der Waals surface area (Å²) in [5.74, 6) is -0.179. The second-order valence-electron chi connectivity index (χ2n) is 4.90. The fraction of sp³-hybridized carbons (Fsp3) is 0.429. The Hall–Kier alpha value is -1.79. The van der Waals surface area contributed by atoms with Gasteiger partial charge in [-0.05, 0) is 31.5 Å². The number of hydrogen-bond donors (Lipinski definition) is 3. The average Bonchev–Trinajstić information content (AvgIpc) is 2.47. The largest absolute Gasteiger partial charge is 0.348 e. The van der Waals surface area contributed by atoms with Crippen molar-refractivity contribution in [2.24, 2.45) is 5.73 Å². The molecule has 1 aromatic carbocycles. The molecular formula is C14H21ClN4O2. The zero-order valence-electron chi connectivity index (χ0n) is 12.0. The van der Waals surface area contributed by atoms with Crippen LogP contribution < -0.4 is 21.3 Å². The van der Waals surface area contributed by atoms with E-state index in [0.717, 1.165) is 12.1 Å².